The van der Waals surface area contributed by atoms with Crippen LogP contribution in [0.4, 0.5) is 0 Å². The van der Waals surface area contributed by atoms with Gasteiger partial charge < -0.3 is 20.7 Å². The van der Waals surface area contributed by atoms with Crippen LogP contribution in [0.5, 0.6) is 0 Å². The molecule has 18 heavy (non-hydrogen) atoms. The molecule has 0 aromatic rings. The Kier molecular flexibility index (Phi) is 13.7. The van der Waals surface area contributed by atoms with Gasteiger partial charge in [0.05, 0.1) is 0 Å². The second-order valence-corrected chi connectivity index (χ2v) is 8.79. The van der Waals surface area contributed by atoms with Gasteiger partial charge in [0.25, 0.3) is 0 Å². The fraction of sp³-hybridized carbons (Fsp3) is 1.00. The van der Waals surface area contributed by atoms with Gasteiger partial charge in [-0.05, 0) is 31.0 Å². The van der Waals surface area contributed by atoms with E-state index in [1.165, 1.54) is 25.7 Å². The second-order valence-electron chi connectivity index (χ2n) is 4.86. The Balaban J connectivity index is 0. The van der Waals surface area contributed by atoms with Gasteiger partial charge >= 0.3 is 8.56 Å². The summed E-state index contributed by atoms with van der Waals surface area (Å²) in [6.07, 6.45) is 7.30. The topological polar surface area (TPSA) is 79.5 Å². The van der Waals surface area contributed by atoms with Gasteiger partial charge in [0, 0.05) is 14.2 Å². The van der Waals surface area contributed by atoms with E-state index < -0.39 is 8.56 Å². The summed E-state index contributed by atoms with van der Waals surface area (Å²) in [5.74, 6) is 0. The summed E-state index contributed by atoms with van der Waals surface area (Å²) in [6, 6.07) is 1.12. The molecular formula is C13H34N2O2Si. The van der Waals surface area contributed by atoms with Gasteiger partial charge in [-0.25, -0.2) is 0 Å². The normalized spacial score (nSPS) is 13.2. The molecule has 0 spiro atoms. The quantitative estimate of drug-likeness (QED) is 0.447. The molecule has 5 N–H and O–H groups in total. The lowest BCUT2D eigenvalue weighted by Crippen LogP contribution is -2.44. The molecule has 0 bridgehead atoms. The summed E-state index contributed by atoms with van der Waals surface area (Å²) in [5, 5.41) is 0. The van der Waals surface area contributed by atoms with Crippen molar-refractivity contribution in [2.45, 2.75) is 64.0 Å². The number of nitrogens with two attached hydrogens (primary N) is 1. The largest absolute Gasteiger partial charge is 0.397 e. The number of hydrogen-bond acceptors (Lipinski definition) is 4. The minimum Gasteiger partial charge on any atom is -0.397 e. The first-order valence-corrected chi connectivity index (χ1v) is 9.07. The van der Waals surface area contributed by atoms with Gasteiger partial charge in [0.2, 0.25) is 0 Å². The van der Waals surface area contributed by atoms with E-state index in [0.717, 1.165) is 25.4 Å². The Bertz CT molecular complexity index is 178. The van der Waals surface area contributed by atoms with E-state index >= 15 is 0 Å². The summed E-state index contributed by atoms with van der Waals surface area (Å²) in [6.45, 7) is 5.26. The molecular weight excluding hydrogens is 244 g/mol. The average Bonchev–Trinajstić information content (AvgIpc) is 2.37. The zero-order valence-corrected chi connectivity index (χ0v) is 13.8. The summed E-state index contributed by atoms with van der Waals surface area (Å²) in [7, 11) is 1.64. The summed E-state index contributed by atoms with van der Waals surface area (Å²) in [5.41, 5.74) is 6.11. The highest BCUT2D eigenvalue weighted by molar-refractivity contribution is 6.68. The minimum absolute atomic E-state index is 0. The Labute approximate surface area is 114 Å². The predicted molar refractivity (Wildman–Crippen MR) is 81.5 cm³/mol. The van der Waals surface area contributed by atoms with Crippen LogP contribution < -0.4 is 11.9 Å². The monoisotopic (exact) mass is 278 g/mol. The highest BCUT2D eigenvalue weighted by Crippen LogP contribution is 2.32. The number of hydrogen-bond donors (Lipinski definition) is 2. The molecule has 0 aliphatic heterocycles. The average molecular weight is 279 g/mol. The van der Waals surface area contributed by atoms with Crippen LogP contribution >= 0.6 is 0 Å². The highest BCUT2D eigenvalue weighted by atomic mass is 28.4. The third-order valence-electron chi connectivity index (χ3n) is 3.66. The molecule has 0 heterocycles. The van der Waals surface area contributed by atoms with Crippen molar-refractivity contribution >= 4 is 8.56 Å². The smallest absolute Gasteiger partial charge is 0.340 e. The maximum absolute atomic E-state index is 5.80. The minimum atomic E-state index is -1.99. The zero-order valence-electron chi connectivity index (χ0n) is 12.8. The van der Waals surface area contributed by atoms with Crippen LogP contribution in [0.15, 0.2) is 0 Å². The lowest BCUT2D eigenvalue weighted by molar-refractivity contribution is 0.226. The van der Waals surface area contributed by atoms with Crippen molar-refractivity contribution in [1.29, 1.82) is 0 Å². The van der Waals surface area contributed by atoms with E-state index in [9.17, 15) is 0 Å². The van der Waals surface area contributed by atoms with E-state index in [1.807, 2.05) is 14.2 Å². The predicted octanol–water partition coefficient (Wildman–Crippen LogP) is 3.59. The molecule has 0 rings (SSSR count). The molecule has 5 heteroatoms. The van der Waals surface area contributed by atoms with Gasteiger partial charge in [-0.3, -0.25) is 0 Å². The van der Waals surface area contributed by atoms with Gasteiger partial charge in [-0.2, -0.15) is 0 Å². The van der Waals surface area contributed by atoms with E-state index in [2.05, 4.69) is 13.8 Å². The Morgan fingerprint density at radius 1 is 1.06 bits per heavy atom. The second kappa shape index (κ2) is 12.1. The van der Waals surface area contributed by atoms with Crippen molar-refractivity contribution in [1.82, 2.24) is 6.15 Å². The van der Waals surface area contributed by atoms with E-state index in [4.69, 9.17) is 14.6 Å². The lowest BCUT2D eigenvalue weighted by atomic mass is 10.2. The number of unbranched alkanes of at least 4 members (excludes halogenated alkanes) is 3. The van der Waals surface area contributed by atoms with Gasteiger partial charge in [-0.15, -0.1) is 0 Å². The van der Waals surface area contributed by atoms with E-state index in [0.29, 0.717) is 5.54 Å². The zero-order chi connectivity index (χ0) is 13.1. The van der Waals surface area contributed by atoms with Gasteiger partial charge in [0.1, 0.15) is 0 Å². The molecule has 0 aliphatic carbocycles. The van der Waals surface area contributed by atoms with Crippen molar-refractivity contribution in [2.75, 3.05) is 20.8 Å². The van der Waals surface area contributed by atoms with Gasteiger partial charge in [0.15, 0.2) is 0 Å². The van der Waals surface area contributed by atoms with Crippen molar-refractivity contribution in [3.63, 3.8) is 0 Å². The van der Waals surface area contributed by atoms with Crippen LogP contribution in [0.3, 0.4) is 0 Å². The van der Waals surface area contributed by atoms with Crippen molar-refractivity contribution in [2.24, 2.45) is 5.73 Å². The molecule has 0 fully saturated rings. The first-order chi connectivity index (χ1) is 8.16. The molecule has 0 saturated carbocycles. The molecule has 1 atom stereocenters. The SMILES string of the molecule is CCCCCC[Si](OC)(OC)C(C)CCCN.N. The molecule has 0 aromatic carbocycles. The third-order valence-corrected chi connectivity index (χ3v) is 7.88. The molecule has 112 valence electrons. The van der Waals surface area contributed by atoms with Crippen molar-refractivity contribution in [3.8, 4) is 0 Å². The van der Waals surface area contributed by atoms with Gasteiger partial charge in [-0.1, -0.05) is 39.5 Å². The maximum atomic E-state index is 5.80. The first-order valence-electron chi connectivity index (χ1n) is 6.97. The van der Waals surface area contributed by atoms with Crippen LogP contribution in [0.25, 0.3) is 0 Å². The Morgan fingerprint density at radius 3 is 2.11 bits per heavy atom. The fourth-order valence-electron chi connectivity index (χ4n) is 2.38. The summed E-state index contributed by atoms with van der Waals surface area (Å²) in [4.78, 5) is 0. The molecule has 0 aromatic heterocycles. The fourth-order valence-corrected chi connectivity index (χ4v) is 5.64. The van der Waals surface area contributed by atoms with Crippen LogP contribution in [0, 0.1) is 0 Å². The van der Waals surface area contributed by atoms with Crippen LogP contribution in [-0.4, -0.2) is 29.3 Å². The molecule has 4 nitrogen and oxygen atoms in total. The Morgan fingerprint density at radius 2 is 1.67 bits per heavy atom. The molecule has 0 amide bonds. The van der Waals surface area contributed by atoms with Crippen molar-refractivity contribution in [3.05, 3.63) is 0 Å². The standard InChI is InChI=1S/C13H31NO2Si.H3N/c1-5-6-7-8-12-17(15-3,16-4)13(2)10-9-11-14;/h13H,5-12,14H2,1-4H3;1H3. The van der Waals surface area contributed by atoms with Crippen molar-refractivity contribution < 1.29 is 8.85 Å². The lowest BCUT2D eigenvalue weighted by Gasteiger charge is -2.33. The number of rotatable bonds is 11. The third kappa shape index (κ3) is 6.85. The highest BCUT2D eigenvalue weighted by Gasteiger charge is 2.40. The Hall–Kier alpha value is 0.0569. The molecule has 1 unspecified atom stereocenters. The molecule has 0 aliphatic rings. The van der Waals surface area contributed by atoms with E-state index in [-0.39, 0.29) is 6.15 Å². The first kappa shape index (κ1) is 20.4. The van der Waals surface area contributed by atoms with E-state index in [1.54, 1.807) is 0 Å². The maximum Gasteiger partial charge on any atom is 0.340 e. The van der Waals surface area contributed by atoms with Crippen LogP contribution in [-0.2, 0) is 8.85 Å². The molecule has 0 saturated heterocycles. The summed E-state index contributed by atoms with van der Waals surface area (Å²) < 4.78 is 11.6. The summed E-state index contributed by atoms with van der Waals surface area (Å²) >= 11 is 0. The molecule has 0 radical (unpaired) electrons. The van der Waals surface area contributed by atoms with Crippen LogP contribution in [0.1, 0.15) is 52.4 Å². The van der Waals surface area contributed by atoms with Crippen LogP contribution in [0.2, 0.25) is 11.6 Å².